The van der Waals surface area contributed by atoms with E-state index in [-0.39, 0.29) is 5.60 Å². The van der Waals surface area contributed by atoms with Crippen LogP contribution in [0.5, 0.6) is 0 Å². The smallest absolute Gasteiger partial charge is 0.0831 e. The summed E-state index contributed by atoms with van der Waals surface area (Å²) in [6, 6.07) is 0.514. The van der Waals surface area contributed by atoms with Gasteiger partial charge in [0.25, 0.3) is 0 Å². The average Bonchev–Trinajstić information content (AvgIpc) is 2.44. The van der Waals surface area contributed by atoms with Gasteiger partial charge in [0.2, 0.25) is 0 Å². The standard InChI is InChI=1S/C19H39NO/c1-7-9-16(3)15-17(20-14-8-2)19(21-6)12-10-18(4,5)11-13-19/h16-17,20H,7-15H2,1-6H3. The summed E-state index contributed by atoms with van der Waals surface area (Å²) in [5.74, 6) is 0.784. The molecule has 0 radical (unpaired) electrons. The molecule has 1 aliphatic carbocycles. The van der Waals surface area contributed by atoms with Crippen molar-refractivity contribution in [3.05, 3.63) is 0 Å². The van der Waals surface area contributed by atoms with E-state index >= 15 is 0 Å². The molecule has 0 aromatic carbocycles. The summed E-state index contributed by atoms with van der Waals surface area (Å²) in [5, 5.41) is 3.82. The van der Waals surface area contributed by atoms with Gasteiger partial charge < -0.3 is 10.1 Å². The molecule has 0 aliphatic heterocycles. The number of ether oxygens (including phenoxy) is 1. The maximum absolute atomic E-state index is 6.15. The third-order valence-corrected chi connectivity index (χ3v) is 5.55. The topological polar surface area (TPSA) is 21.3 Å². The largest absolute Gasteiger partial charge is 0.377 e. The third kappa shape index (κ3) is 5.56. The Balaban J connectivity index is 2.77. The van der Waals surface area contributed by atoms with E-state index in [2.05, 4.69) is 39.9 Å². The first-order valence-electron chi connectivity index (χ1n) is 9.17. The van der Waals surface area contributed by atoms with Crippen molar-refractivity contribution < 1.29 is 4.74 Å². The van der Waals surface area contributed by atoms with Crippen LogP contribution in [0, 0.1) is 11.3 Å². The number of nitrogens with one attached hydrogen (secondary N) is 1. The van der Waals surface area contributed by atoms with Gasteiger partial charge in [0.1, 0.15) is 0 Å². The molecular formula is C19H39NO. The SMILES string of the molecule is CCCNC(CC(C)CCC)C1(OC)CCC(C)(C)CC1. The van der Waals surface area contributed by atoms with Crippen molar-refractivity contribution in [2.75, 3.05) is 13.7 Å². The fourth-order valence-corrected chi connectivity index (χ4v) is 3.86. The zero-order chi connectivity index (χ0) is 15.9. The Hall–Kier alpha value is -0.0800. The van der Waals surface area contributed by atoms with E-state index in [0.29, 0.717) is 11.5 Å². The van der Waals surface area contributed by atoms with E-state index in [9.17, 15) is 0 Å². The van der Waals surface area contributed by atoms with Crippen LogP contribution in [0.2, 0.25) is 0 Å². The van der Waals surface area contributed by atoms with Crippen LogP contribution in [0.15, 0.2) is 0 Å². The zero-order valence-corrected chi connectivity index (χ0v) is 15.4. The number of hydrogen-bond acceptors (Lipinski definition) is 2. The van der Waals surface area contributed by atoms with Gasteiger partial charge in [-0.1, -0.05) is 47.5 Å². The molecule has 1 saturated carbocycles. The zero-order valence-electron chi connectivity index (χ0n) is 15.4. The molecule has 2 atom stereocenters. The fourth-order valence-electron chi connectivity index (χ4n) is 3.86. The second-order valence-electron chi connectivity index (χ2n) is 8.07. The number of hydrogen-bond donors (Lipinski definition) is 1. The lowest BCUT2D eigenvalue weighted by atomic mass is 9.67. The van der Waals surface area contributed by atoms with Gasteiger partial charge in [-0.3, -0.25) is 0 Å². The first-order chi connectivity index (χ1) is 9.89. The lowest BCUT2D eigenvalue weighted by Gasteiger charge is -2.48. The van der Waals surface area contributed by atoms with Crippen LogP contribution in [-0.4, -0.2) is 25.3 Å². The second kappa shape index (κ2) is 8.53. The van der Waals surface area contributed by atoms with Crippen molar-refractivity contribution in [2.24, 2.45) is 11.3 Å². The summed E-state index contributed by atoms with van der Waals surface area (Å²) in [7, 11) is 1.93. The van der Waals surface area contributed by atoms with Crippen LogP contribution in [-0.2, 0) is 4.74 Å². The normalized spacial score (nSPS) is 23.7. The molecule has 0 aromatic rings. The van der Waals surface area contributed by atoms with Crippen LogP contribution in [0.3, 0.4) is 0 Å². The van der Waals surface area contributed by atoms with Gasteiger partial charge in [-0.05, 0) is 56.4 Å². The fraction of sp³-hybridized carbons (Fsp3) is 1.00. The molecule has 0 aromatic heterocycles. The highest BCUT2D eigenvalue weighted by atomic mass is 16.5. The average molecular weight is 298 g/mol. The Morgan fingerprint density at radius 2 is 1.67 bits per heavy atom. The van der Waals surface area contributed by atoms with Crippen molar-refractivity contribution in [1.29, 1.82) is 0 Å². The molecular weight excluding hydrogens is 258 g/mol. The highest BCUT2D eigenvalue weighted by Gasteiger charge is 2.44. The van der Waals surface area contributed by atoms with Gasteiger partial charge in [-0.25, -0.2) is 0 Å². The van der Waals surface area contributed by atoms with Gasteiger partial charge in [-0.2, -0.15) is 0 Å². The number of methoxy groups -OCH3 is 1. The number of rotatable bonds is 9. The minimum absolute atomic E-state index is 0.0622. The van der Waals surface area contributed by atoms with Gasteiger partial charge in [0, 0.05) is 13.2 Å². The summed E-state index contributed by atoms with van der Waals surface area (Å²) < 4.78 is 6.15. The van der Waals surface area contributed by atoms with Gasteiger partial charge >= 0.3 is 0 Å². The Labute approximate surface area is 133 Å². The first kappa shape index (κ1) is 19.0. The molecule has 0 heterocycles. The molecule has 0 saturated heterocycles. The minimum atomic E-state index is 0.0622. The summed E-state index contributed by atoms with van der Waals surface area (Å²) in [4.78, 5) is 0. The highest BCUT2D eigenvalue weighted by molar-refractivity contribution is 4.99. The monoisotopic (exact) mass is 297 g/mol. The molecule has 0 spiro atoms. The third-order valence-electron chi connectivity index (χ3n) is 5.55. The van der Waals surface area contributed by atoms with Crippen molar-refractivity contribution in [3.8, 4) is 0 Å². The predicted molar refractivity (Wildman–Crippen MR) is 92.8 cm³/mol. The molecule has 1 aliphatic rings. The molecule has 1 rings (SSSR count). The molecule has 0 amide bonds. The molecule has 1 N–H and O–H groups in total. The summed E-state index contributed by atoms with van der Waals surface area (Å²) in [6.07, 6.45) is 10.0. The van der Waals surface area contributed by atoms with E-state index in [1.54, 1.807) is 0 Å². The van der Waals surface area contributed by atoms with Crippen molar-refractivity contribution >= 4 is 0 Å². The quantitative estimate of drug-likeness (QED) is 0.634. The van der Waals surface area contributed by atoms with E-state index in [4.69, 9.17) is 4.74 Å². The Morgan fingerprint density at radius 1 is 1.05 bits per heavy atom. The first-order valence-corrected chi connectivity index (χ1v) is 9.17. The van der Waals surface area contributed by atoms with Gasteiger partial charge in [0.15, 0.2) is 0 Å². The predicted octanol–water partition coefficient (Wildman–Crippen LogP) is 5.17. The molecule has 21 heavy (non-hydrogen) atoms. The lowest BCUT2D eigenvalue weighted by molar-refractivity contribution is -0.0904. The van der Waals surface area contributed by atoms with Crippen molar-refractivity contribution in [2.45, 2.75) is 97.6 Å². The maximum atomic E-state index is 6.15. The minimum Gasteiger partial charge on any atom is -0.377 e. The van der Waals surface area contributed by atoms with Gasteiger partial charge in [-0.15, -0.1) is 0 Å². The molecule has 2 heteroatoms. The van der Waals surface area contributed by atoms with Gasteiger partial charge in [0.05, 0.1) is 5.60 Å². The van der Waals surface area contributed by atoms with Crippen molar-refractivity contribution in [1.82, 2.24) is 5.32 Å². The van der Waals surface area contributed by atoms with Crippen LogP contribution < -0.4 is 5.32 Å². The molecule has 126 valence electrons. The van der Waals surface area contributed by atoms with Crippen LogP contribution in [0.25, 0.3) is 0 Å². The summed E-state index contributed by atoms with van der Waals surface area (Å²) in [5.41, 5.74) is 0.555. The molecule has 2 nitrogen and oxygen atoms in total. The van der Waals surface area contributed by atoms with E-state index < -0.39 is 0 Å². The van der Waals surface area contributed by atoms with E-state index in [1.165, 1.54) is 51.4 Å². The van der Waals surface area contributed by atoms with E-state index in [0.717, 1.165) is 12.5 Å². The maximum Gasteiger partial charge on any atom is 0.0831 e. The summed E-state index contributed by atoms with van der Waals surface area (Å²) >= 11 is 0. The van der Waals surface area contributed by atoms with Crippen LogP contribution in [0.4, 0.5) is 0 Å². The molecule has 1 fully saturated rings. The summed E-state index contributed by atoms with van der Waals surface area (Å²) in [6.45, 7) is 12.9. The lowest BCUT2D eigenvalue weighted by Crippen LogP contribution is -2.55. The van der Waals surface area contributed by atoms with Crippen LogP contribution >= 0.6 is 0 Å². The van der Waals surface area contributed by atoms with E-state index in [1.807, 2.05) is 7.11 Å². The Bertz CT molecular complexity index is 277. The van der Waals surface area contributed by atoms with Crippen LogP contribution in [0.1, 0.15) is 86.0 Å². The molecule has 2 unspecified atom stereocenters. The highest BCUT2D eigenvalue weighted by Crippen LogP contribution is 2.44. The van der Waals surface area contributed by atoms with Crippen molar-refractivity contribution in [3.63, 3.8) is 0 Å². The Morgan fingerprint density at radius 3 is 2.14 bits per heavy atom. The molecule has 0 bridgehead atoms. The Kier molecular flexibility index (Phi) is 7.70. The second-order valence-corrected chi connectivity index (χ2v) is 8.07.